The van der Waals surface area contributed by atoms with Gasteiger partial charge in [0, 0.05) is 32.9 Å². The topological polar surface area (TPSA) is 753 Å². The van der Waals surface area contributed by atoms with Crippen LogP contribution < -0.4 is 16.8 Å². The Hall–Kier alpha value is -2.65. The van der Waals surface area contributed by atoms with E-state index in [1.54, 1.807) is 0 Å². The molecule has 560 valence electrons. The first-order chi connectivity index (χ1) is 45.0. The quantitative estimate of drug-likeness (QED) is 0.0271. The first-order valence-electron chi connectivity index (χ1n) is 29.2. The van der Waals surface area contributed by atoms with Crippen molar-refractivity contribution >= 4 is 33.5 Å². The highest BCUT2D eigenvalue weighted by atomic mass is 31.2. The number of hydrogen-bond donors (Lipinski definition) is 26. The number of carbonyl (C=O) groups excluding carboxylic acids is 1. The number of aliphatic hydroxyl groups is 19. The standard InChI is InChI=1S/C48H85N3O43P2/c1-14(58)51-23-27(66)25(64)20(11-55)82-41(23)89-40-38(94-96(78,79)81-5-3-50)30(69)35(22(13-57)93-95(76,77)80-4-2-49)85-44(40)87-37-31(70)43(84-33(17(61)9-53)39(37)88-42-29(68)28(67)26(65)21(12-56)83-42)86-36-19(7-47(75,45(71)72)91-34(36)18(62)10-54)90-48(46(73)74)6-15(59)24(63)32(92-48)16(60)8-52/h15-44,52-57,59-70,75H,2-13,49-50H2,1H3,(H,51,58)(H,71,72)(H,73,74)(H,76,77)(H,78,79)/t15-,16-,17+,18-,19-,20-,21-,22+,23-,24-,25-,26-,27-,28+,29-,30-,31+,32-,33-,34-,35-,36-,37-,38+,39-,40+,41-,42+,43-,44-,47-,48-/m1/s1. The molecule has 0 spiro atoms. The zero-order chi connectivity index (χ0) is 71.9. The molecule has 0 aromatic rings. The fourth-order valence-electron chi connectivity index (χ4n) is 11.1. The van der Waals surface area contributed by atoms with Gasteiger partial charge < -0.3 is 186 Å². The first-order valence-corrected chi connectivity index (χ1v) is 32.2. The molecule has 0 aliphatic carbocycles. The van der Waals surface area contributed by atoms with E-state index in [0.29, 0.717) is 0 Å². The summed E-state index contributed by atoms with van der Waals surface area (Å²) in [5.74, 6) is -12.8. The Balaban J connectivity index is 1.63. The number of carboxylic acids is 2. The third kappa shape index (κ3) is 19.0. The number of phosphoric acid groups is 2. The van der Waals surface area contributed by atoms with Gasteiger partial charge in [0.05, 0.1) is 65.1 Å². The molecule has 1 amide bonds. The van der Waals surface area contributed by atoms with Crippen molar-refractivity contribution in [2.75, 3.05) is 65.9 Å². The number of carbonyl (C=O) groups is 3. The van der Waals surface area contributed by atoms with Crippen molar-refractivity contribution in [3.05, 3.63) is 0 Å². The van der Waals surface area contributed by atoms with Crippen molar-refractivity contribution in [1.82, 2.24) is 5.32 Å². The Morgan fingerprint density at radius 3 is 1.59 bits per heavy atom. The zero-order valence-electron chi connectivity index (χ0n) is 50.3. The van der Waals surface area contributed by atoms with Crippen molar-refractivity contribution in [1.29, 1.82) is 0 Å². The van der Waals surface area contributed by atoms with Crippen molar-refractivity contribution in [2.24, 2.45) is 11.5 Å². The molecule has 0 radical (unpaired) electrons. The van der Waals surface area contributed by atoms with Crippen LogP contribution in [-0.2, 0) is 93.7 Å². The van der Waals surface area contributed by atoms with Crippen molar-refractivity contribution in [2.45, 2.75) is 215 Å². The molecule has 46 nitrogen and oxygen atoms in total. The highest BCUT2D eigenvalue weighted by Gasteiger charge is 2.64. The molecule has 0 aromatic heterocycles. The number of rotatable bonds is 33. The molecule has 6 rings (SSSR count). The van der Waals surface area contributed by atoms with E-state index in [4.69, 9.17) is 81.7 Å². The van der Waals surface area contributed by atoms with Crippen molar-refractivity contribution < 1.29 is 211 Å². The Bertz CT molecular complexity index is 2580. The van der Waals surface area contributed by atoms with Crippen molar-refractivity contribution in [3.8, 4) is 0 Å². The Morgan fingerprint density at radius 2 is 1.05 bits per heavy atom. The molecule has 6 aliphatic rings. The molecule has 0 aromatic carbocycles. The van der Waals surface area contributed by atoms with E-state index in [1.807, 2.05) is 0 Å². The van der Waals surface area contributed by atoms with Gasteiger partial charge in [-0.25, -0.2) is 18.7 Å². The largest absolute Gasteiger partial charge is 0.477 e. The molecule has 48 heteroatoms. The Labute approximate surface area is 541 Å². The highest BCUT2D eigenvalue weighted by Crippen LogP contribution is 2.51. The summed E-state index contributed by atoms with van der Waals surface area (Å²) in [7, 11) is -11.3. The minimum Gasteiger partial charge on any atom is -0.477 e. The summed E-state index contributed by atoms with van der Waals surface area (Å²) in [4.78, 5) is 60.8. The van der Waals surface area contributed by atoms with Crippen LogP contribution in [0.3, 0.4) is 0 Å². The lowest BCUT2D eigenvalue weighted by atomic mass is 9.89. The van der Waals surface area contributed by atoms with Crippen molar-refractivity contribution in [3.63, 3.8) is 0 Å². The van der Waals surface area contributed by atoms with Gasteiger partial charge in [0.25, 0.3) is 11.6 Å². The molecule has 6 heterocycles. The van der Waals surface area contributed by atoms with E-state index in [-0.39, 0.29) is 0 Å². The van der Waals surface area contributed by atoms with Gasteiger partial charge in [-0.1, -0.05) is 0 Å². The lowest BCUT2D eigenvalue weighted by Crippen LogP contribution is -2.71. The lowest BCUT2D eigenvalue weighted by molar-refractivity contribution is -0.417. The number of aliphatic carboxylic acids is 2. The third-order valence-corrected chi connectivity index (χ3v) is 18.0. The summed E-state index contributed by atoms with van der Waals surface area (Å²) in [5.41, 5.74) is 10.9. The second-order valence-electron chi connectivity index (χ2n) is 22.7. The highest BCUT2D eigenvalue weighted by molar-refractivity contribution is 7.47. The van der Waals surface area contributed by atoms with E-state index < -0.39 is 308 Å². The van der Waals surface area contributed by atoms with E-state index in [2.05, 4.69) is 5.32 Å². The van der Waals surface area contributed by atoms with Crippen LogP contribution in [0.1, 0.15) is 19.8 Å². The van der Waals surface area contributed by atoms with E-state index in [9.17, 15) is 141 Å². The average molecular weight is 1450 g/mol. The van der Waals surface area contributed by atoms with Gasteiger partial charge in [0.2, 0.25) is 5.91 Å². The molecular formula is C48H85N3O43P2. The third-order valence-electron chi connectivity index (χ3n) is 15.9. The number of nitrogens with two attached hydrogens (primary N) is 2. The molecule has 6 aliphatic heterocycles. The number of aliphatic hydroxyl groups excluding tert-OH is 18. The monoisotopic (exact) mass is 1450 g/mol. The second-order valence-corrected chi connectivity index (χ2v) is 25.5. The van der Waals surface area contributed by atoms with Crippen LogP contribution in [0.25, 0.3) is 0 Å². The van der Waals surface area contributed by atoms with Gasteiger partial charge in [-0.3, -0.25) is 22.9 Å². The number of carboxylic acid groups (broad SMARTS) is 2. The summed E-state index contributed by atoms with van der Waals surface area (Å²) >= 11 is 0. The predicted molar refractivity (Wildman–Crippen MR) is 293 cm³/mol. The SMILES string of the molecule is CC(=O)N[C@H]1[C@@H](O[C@@H]2[C@@H](O[C@@H]3[C@H](O)[C@@H](O[C@H]4[C@@H]([C@H](O)CO)O[C@@](O)(C(=O)O)C[C@H]4O[C@]4(C(=O)O)C[C@@H](O)[C@@H](O)[C@@H]([C@H](O)CO)O4)O[C@H]([C@@H](O)CO)[C@H]3O[C@@H]3O[C@H](CO)[C@@H](O)[C@H](O)[C@H]3O)O[C@H]([C@H](CO)OP(=O)(O)OCCN)[C@@H](O)[C@@H]2OP(=O)(O)OCCN)O[C@H](CO)[C@@H](O)[C@@H]1O. The maximum atomic E-state index is 13.9. The van der Waals surface area contributed by atoms with Gasteiger partial charge >= 0.3 is 27.6 Å². The number of phosphoric ester groups is 2. The number of nitrogens with one attached hydrogen (secondary N) is 1. The second kappa shape index (κ2) is 35.0. The smallest absolute Gasteiger partial charge is 0.472 e. The number of ether oxygens (including phenoxy) is 11. The minimum absolute atomic E-state index is 0.458. The lowest BCUT2D eigenvalue weighted by Gasteiger charge is -2.53. The Morgan fingerprint density at radius 1 is 0.542 bits per heavy atom. The summed E-state index contributed by atoms with van der Waals surface area (Å²) in [6.45, 7) is -10.0. The fourth-order valence-corrected chi connectivity index (χ4v) is 13.0. The average Bonchev–Trinajstić information content (AvgIpc) is 0.753. The van der Waals surface area contributed by atoms with Gasteiger partial charge in [-0.15, -0.1) is 0 Å². The van der Waals surface area contributed by atoms with Crippen LogP contribution in [0.4, 0.5) is 0 Å². The van der Waals surface area contributed by atoms with Gasteiger partial charge in [0.1, 0.15) is 146 Å². The van der Waals surface area contributed by atoms with Crippen LogP contribution in [0, 0.1) is 0 Å². The molecular weight excluding hydrogens is 1370 g/mol. The van der Waals surface area contributed by atoms with Crippen LogP contribution in [0.5, 0.6) is 0 Å². The molecule has 2 unspecified atom stereocenters. The Kier molecular flexibility index (Phi) is 30.0. The molecule has 28 N–H and O–H groups in total. The molecule has 6 saturated heterocycles. The zero-order valence-corrected chi connectivity index (χ0v) is 52.1. The first kappa shape index (κ1) is 82.3. The summed E-state index contributed by atoms with van der Waals surface area (Å²) < 4.78 is 112. The summed E-state index contributed by atoms with van der Waals surface area (Å²) in [6.07, 6.45) is -75.4. The van der Waals surface area contributed by atoms with Gasteiger partial charge in [0.15, 0.2) is 25.2 Å². The summed E-state index contributed by atoms with van der Waals surface area (Å²) in [5, 5.41) is 233. The summed E-state index contributed by atoms with van der Waals surface area (Å²) in [6, 6.07) is -2.07. The molecule has 6 fully saturated rings. The van der Waals surface area contributed by atoms with E-state index >= 15 is 0 Å². The minimum atomic E-state index is -5.80. The van der Waals surface area contributed by atoms with Crippen LogP contribution in [0.15, 0.2) is 0 Å². The van der Waals surface area contributed by atoms with Crippen LogP contribution in [-0.4, -0.2) is 396 Å². The molecule has 0 saturated carbocycles. The molecule has 96 heavy (non-hydrogen) atoms. The van der Waals surface area contributed by atoms with E-state index in [1.165, 1.54) is 0 Å². The normalized spacial score (nSPS) is 43.4. The van der Waals surface area contributed by atoms with Gasteiger partial charge in [-0.2, -0.15) is 0 Å². The van der Waals surface area contributed by atoms with Crippen LogP contribution >= 0.6 is 15.6 Å². The maximum absolute atomic E-state index is 13.9. The number of hydrogen-bond acceptors (Lipinski definition) is 41. The van der Waals surface area contributed by atoms with Crippen LogP contribution in [0.2, 0.25) is 0 Å². The fraction of sp³-hybridized carbons (Fsp3) is 0.938. The number of amides is 1. The van der Waals surface area contributed by atoms with E-state index in [0.717, 1.165) is 6.92 Å². The van der Waals surface area contributed by atoms with Gasteiger partial charge in [-0.05, 0) is 0 Å². The molecule has 0 bridgehead atoms. The molecule has 34 atom stereocenters. The predicted octanol–water partition coefficient (Wildman–Crippen LogP) is -15.3. The maximum Gasteiger partial charge on any atom is 0.472 e.